The summed E-state index contributed by atoms with van der Waals surface area (Å²) in [5.41, 5.74) is 6.43. The van der Waals surface area contributed by atoms with Gasteiger partial charge in [0.2, 0.25) is 0 Å². The molecule has 2 rings (SSSR count). The normalized spacial score (nSPS) is 9.90. The van der Waals surface area contributed by atoms with E-state index in [1.807, 2.05) is 0 Å². The first kappa shape index (κ1) is 14.2. The van der Waals surface area contributed by atoms with Gasteiger partial charge < -0.3 is 21.3 Å². The highest BCUT2D eigenvalue weighted by Crippen LogP contribution is 2.23. The molecule has 0 fully saturated rings. The Morgan fingerprint density at radius 2 is 1.52 bits per heavy atom. The zero-order valence-corrected chi connectivity index (χ0v) is 10.8. The largest absolute Gasteiger partial charge is 0.508 e. The van der Waals surface area contributed by atoms with Crippen LogP contribution in [0, 0.1) is 0 Å². The summed E-state index contributed by atoms with van der Waals surface area (Å²) in [6.45, 7) is 0. The van der Waals surface area contributed by atoms with Gasteiger partial charge in [-0.2, -0.15) is 0 Å². The number of aromatic hydroxyl groups is 2. The number of imide groups is 1. The second-order valence-electron chi connectivity index (χ2n) is 4.27. The molecule has 0 aliphatic heterocycles. The van der Waals surface area contributed by atoms with Gasteiger partial charge in [0.05, 0.1) is 0 Å². The Hall–Kier alpha value is -3.22. The van der Waals surface area contributed by atoms with E-state index in [0.717, 1.165) is 6.07 Å². The Morgan fingerprint density at radius 3 is 2.10 bits per heavy atom. The number of rotatable bonds is 2. The van der Waals surface area contributed by atoms with Crippen molar-refractivity contribution in [2.45, 2.75) is 0 Å². The number of anilines is 2. The third-order valence-electron chi connectivity index (χ3n) is 2.56. The van der Waals surface area contributed by atoms with Crippen LogP contribution in [0.15, 0.2) is 42.5 Å². The van der Waals surface area contributed by atoms with Gasteiger partial charge in [0.1, 0.15) is 11.5 Å². The van der Waals surface area contributed by atoms with E-state index in [4.69, 9.17) is 5.73 Å². The second kappa shape index (κ2) is 5.83. The summed E-state index contributed by atoms with van der Waals surface area (Å²) in [6, 6.07) is 8.83. The van der Waals surface area contributed by atoms with Crippen molar-refractivity contribution in [2.75, 3.05) is 11.1 Å². The monoisotopic (exact) mass is 287 g/mol. The van der Waals surface area contributed by atoms with E-state index in [0.29, 0.717) is 5.69 Å². The molecule has 0 spiro atoms. The zero-order chi connectivity index (χ0) is 15.4. The molecule has 7 heteroatoms. The summed E-state index contributed by atoms with van der Waals surface area (Å²) in [6.07, 6.45) is 0. The summed E-state index contributed by atoms with van der Waals surface area (Å²) in [7, 11) is 0. The fourth-order valence-electron chi connectivity index (χ4n) is 1.64. The molecule has 2 aromatic rings. The number of benzene rings is 2. The highest BCUT2D eigenvalue weighted by Gasteiger charge is 2.11. The average Bonchev–Trinajstić information content (AvgIpc) is 2.37. The topological polar surface area (TPSA) is 125 Å². The van der Waals surface area contributed by atoms with Gasteiger partial charge in [-0.1, -0.05) is 0 Å². The lowest BCUT2D eigenvalue weighted by molar-refractivity contribution is 0.0967. The lowest BCUT2D eigenvalue weighted by Gasteiger charge is -2.08. The summed E-state index contributed by atoms with van der Waals surface area (Å²) in [5, 5.41) is 23.0. The Bertz CT molecular complexity index is 663. The predicted molar refractivity (Wildman–Crippen MR) is 77.1 cm³/mol. The van der Waals surface area contributed by atoms with Crippen molar-refractivity contribution in [3.8, 4) is 11.5 Å². The molecule has 2 aromatic carbocycles. The molecule has 0 atom stereocenters. The molecule has 0 saturated carbocycles. The third-order valence-corrected chi connectivity index (χ3v) is 2.56. The van der Waals surface area contributed by atoms with Gasteiger partial charge in [-0.05, 0) is 24.3 Å². The number of nitrogen functional groups attached to an aromatic ring is 1. The van der Waals surface area contributed by atoms with Gasteiger partial charge in [-0.15, -0.1) is 0 Å². The van der Waals surface area contributed by atoms with Crippen molar-refractivity contribution in [3.05, 3.63) is 48.0 Å². The SMILES string of the molecule is Nc1ccc(C(=O)NC(=O)Nc2cc(O)cc(O)c2)cc1. The van der Waals surface area contributed by atoms with E-state index >= 15 is 0 Å². The van der Waals surface area contributed by atoms with E-state index in [1.165, 1.54) is 24.3 Å². The number of nitrogens with two attached hydrogens (primary N) is 1. The number of carbonyl (C=O) groups is 2. The van der Waals surface area contributed by atoms with Crippen LogP contribution in [0.2, 0.25) is 0 Å². The number of amides is 3. The maximum atomic E-state index is 11.8. The first-order chi connectivity index (χ1) is 9.94. The third kappa shape index (κ3) is 3.87. The van der Waals surface area contributed by atoms with Gasteiger partial charge in [0.15, 0.2) is 0 Å². The minimum absolute atomic E-state index is 0.148. The molecular formula is C14H13N3O4. The molecule has 6 N–H and O–H groups in total. The van der Waals surface area contributed by atoms with Crippen LogP contribution in [-0.4, -0.2) is 22.2 Å². The summed E-state index contributed by atoms with van der Waals surface area (Å²) in [5.74, 6) is -1.03. The van der Waals surface area contributed by atoms with E-state index < -0.39 is 11.9 Å². The van der Waals surface area contributed by atoms with E-state index in [2.05, 4.69) is 10.6 Å². The van der Waals surface area contributed by atoms with Gasteiger partial charge in [0.25, 0.3) is 5.91 Å². The minimum Gasteiger partial charge on any atom is -0.508 e. The van der Waals surface area contributed by atoms with E-state index in [9.17, 15) is 19.8 Å². The van der Waals surface area contributed by atoms with Crippen LogP contribution in [0.25, 0.3) is 0 Å². The maximum Gasteiger partial charge on any atom is 0.326 e. The Kier molecular flexibility index (Phi) is 3.94. The quantitative estimate of drug-likeness (QED) is 0.537. The molecular weight excluding hydrogens is 274 g/mol. The van der Waals surface area contributed by atoms with Crippen LogP contribution >= 0.6 is 0 Å². The Morgan fingerprint density at radius 1 is 0.952 bits per heavy atom. The van der Waals surface area contributed by atoms with Crippen LogP contribution in [0.1, 0.15) is 10.4 Å². The number of urea groups is 1. The molecule has 108 valence electrons. The molecule has 3 amide bonds. The van der Waals surface area contributed by atoms with Crippen molar-refractivity contribution in [1.29, 1.82) is 0 Å². The van der Waals surface area contributed by atoms with Crippen LogP contribution < -0.4 is 16.4 Å². The molecule has 0 saturated heterocycles. The number of phenolic OH excluding ortho intramolecular Hbond substituents is 2. The van der Waals surface area contributed by atoms with Gasteiger partial charge >= 0.3 is 6.03 Å². The average molecular weight is 287 g/mol. The lowest BCUT2D eigenvalue weighted by Crippen LogP contribution is -2.34. The highest BCUT2D eigenvalue weighted by molar-refractivity contribution is 6.08. The Labute approximate surface area is 120 Å². The fourth-order valence-corrected chi connectivity index (χ4v) is 1.64. The summed E-state index contributed by atoms with van der Waals surface area (Å²) in [4.78, 5) is 23.4. The maximum absolute atomic E-state index is 11.8. The second-order valence-corrected chi connectivity index (χ2v) is 4.27. The van der Waals surface area contributed by atoms with Gasteiger partial charge in [0, 0.05) is 35.1 Å². The van der Waals surface area contributed by atoms with Crippen LogP contribution in [-0.2, 0) is 0 Å². The smallest absolute Gasteiger partial charge is 0.326 e. The fraction of sp³-hybridized carbons (Fsp3) is 0. The number of hydrogen-bond acceptors (Lipinski definition) is 5. The molecule has 7 nitrogen and oxygen atoms in total. The minimum atomic E-state index is -0.790. The van der Waals surface area contributed by atoms with Crippen molar-refractivity contribution in [1.82, 2.24) is 5.32 Å². The first-order valence-electron chi connectivity index (χ1n) is 5.95. The predicted octanol–water partition coefficient (Wildman–Crippen LogP) is 1.64. The molecule has 0 unspecified atom stereocenters. The molecule has 0 radical (unpaired) electrons. The number of hydrogen-bond donors (Lipinski definition) is 5. The molecule has 0 aromatic heterocycles. The Balaban J connectivity index is 2.01. The molecule has 21 heavy (non-hydrogen) atoms. The number of carbonyl (C=O) groups excluding carboxylic acids is 2. The summed E-state index contributed by atoms with van der Waals surface area (Å²) < 4.78 is 0. The van der Waals surface area contributed by atoms with E-state index in [1.54, 1.807) is 12.1 Å². The van der Waals surface area contributed by atoms with Gasteiger partial charge in [-0.3, -0.25) is 10.1 Å². The summed E-state index contributed by atoms with van der Waals surface area (Å²) >= 11 is 0. The van der Waals surface area contributed by atoms with Crippen LogP contribution in [0.4, 0.5) is 16.2 Å². The number of phenols is 2. The molecule has 0 heterocycles. The molecule has 0 bridgehead atoms. The molecule has 0 aliphatic carbocycles. The van der Waals surface area contributed by atoms with Crippen molar-refractivity contribution < 1.29 is 19.8 Å². The highest BCUT2D eigenvalue weighted by atomic mass is 16.3. The van der Waals surface area contributed by atoms with E-state index in [-0.39, 0.29) is 22.7 Å². The van der Waals surface area contributed by atoms with Crippen molar-refractivity contribution >= 4 is 23.3 Å². The lowest BCUT2D eigenvalue weighted by atomic mass is 10.2. The van der Waals surface area contributed by atoms with Crippen molar-refractivity contribution in [3.63, 3.8) is 0 Å². The zero-order valence-electron chi connectivity index (χ0n) is 10.8. The van der Waals surface area contributed by atoms with Crippen LogP contribution in [0.5, 0.6) is 11.5 Å². The number of nitrogens with one attached hydrogen (secondary N) is 2. The standard InChI is InChI=1S/C14H13N3O4/c15-9-3-1-8(2-4-9)13(20)17-14(21)16-10-5-11(18)7-12(19)6-10/h1-7,18-19H,15H2,(H2,16,17,20,21). The van der Waals surface area contributed by atoms with Crippen LogP contribution in [0.3, 0.4) is 0 Å². The van der Waals surface area contributed by atoms with Gasteiger partial charge in [-0.25, -0.2) is 4.79 Å². The van der Waals surface area contributed by atoms with Crippen molar-refractivity contribution in [2.24, 2.45) is 0 Å². The molecule has 0 aliphatic rings. The first-order valence-corrected chi connectivity index (χ1v) is 5.95.